The molecule has 0 bridgehead atoms. The smallest absolute Gasteiger partial charge is 0.235 e. The van der Waals surface area contributed by atoms with E-state index in [1.54, 1.807) is 6.08 Å². The minimum absolute atomic E-state index is 0.0131. The molecule has 0 aromatic heterocycles. The summed E-state index contributed by atoms with van der Waals surface area (Å²) < 4.78 is 0. The lowest BCUT2D eigenvalue weighted by molar-refractivity contribution is 0.322. The third-order valence-corrected chi connectivity index (χ3v) is 3.16. The molecule has 1 aliphatic rings. The molecule has 1 aliphatic heterocycles. The first-order valence-electron chi connectivity index (χ1n) is 5.74. The van der Waals surface area contributed by atoms with Gasteiger partial charge in [0.2, 0.25) is 6.08 Å². The highest BCUT2D eigenvalue weighted by Crippen LogP contribution is 2.31. The molecule has 3 nitrogen and oxygen atoms in total. The van der Waals surface area contributed by atoms with Crippen LogP contribution in [0.25, 0.3) is 0 Å². The van der Waals surface area contributed by atoms with Gasteiger partial charge in [-0.25, -0.2) is 4.79 Å². The van der Waals surface area contributed by atoms with Crippen LogP contribution in [-0.2, 0) is 4.79 Å². The molecule has 1 N–H and O–H groups in total. The van der Waals surface area contributed by atoms with Gasteiger partial charge < -0.3 is 5.32 Å². The van der Waals surface area contributed by atoms with Gasteiger partial charge in [0.15, 0.2) is 0 Å². The summed E-state index contributed by atoms with van der Waals surface area (Å²) in [4.78, 5) is 14.5. The van der Waals surface area contributed by atoms with E-state index in [1.807, 2.05) is 30.3 Å². The van der Waals surface area contributed by atoms with Crippen LogP contribution >= 0.6 is 0 Å². The van der Waals surface area contributed by atoms with Crippen molar-refractivity contribution in [3.63, 3.8) is 0 Å². The molecule has 1 atom stereocenters. The van der Waals surface area contributed by atoms with Crippen LogP contribution in [-0.4, -0.2) is 19.2 Å². The fourth-order valence-corrected chi connectivity index (χ4v) is 2.32. The average molecular weight is 216 g/mol. The van der Waals surface area contributed by atoms with Crippen molar-refractivity contribution in [2.75, 3.05) is 13.1 Å². The predicted octanol–water partition coefficient (Wildman–Crippen LogP) is 2.06. The van der Waals surface area contributed by atoms with Gasteiger partial charge in [-0.1, -0.05) is 30.3 Å². The maximum absolute atomic E-state index is 10.5. The Bertz CT molecular complexity index is 365. The van der Waals surface area contributed by atoms with Crippen LogP contribution in [0.4, 0.5) is 0 Å². The fourth-order valence-electron chi connectivity index (χ4n) is 2.32. The number of benzene rings is 1. The van der Waals surface area contributed by atoms with Gasteiger partial charge in [0.05, 0.1) is 6.04 Å². The van der Waals surface area contributed by atoms with Crippen LogP contribution in [0, 0.1) is 5.92 Å². The van der Waals surface area contributed by atoms with E-state index in [-0.39, 0.29) is 6.04 Å². The molecule has 1 fully saturated rings. The van der Waals surface area contributed by atoms with Crippen molar-refractivity contribution in [3.8, 4) is 0 Å². The number of hydrogen-bond acceptors (Lipinski definition) is 3. The number of isocyanates is 1. The number of nitrogens with one attached hydrogen (secondary N) is 1. The van der Waals surface area contributed by atoms with Gasteiger partial charge in [0, 0.05) is 0 Å². The average Bonchev–Trinajstić information content (AvgIpc) is 2.38. The van der Waals surface area contributed by atoms with E-state index in [2.05, 4.69) is 10.3 Å². The summed E-state index contributed by atoms with van der Waals surface area (Å²) in [6.07, 6.45) is 3.87. The first-order valence-corrected chi connectivity index (χ1v) is 5.74. The van der Waals surface area contributed by atoms with Gasteiger partial charge in [0.25, 0.3) is 0 Å². The molecule has 1 heterocycles. The van der Waals surface area contributed by atoms with Crippen LogP contribution in [0.15, 0.2) is 35.3 Å². The molecule has 0 spiro atoms. The summed E-state index contributed by atoms with van der Waals surface area (Å²) in [5.74, 6) is 0.463. The Kier molecular flexibility index (Phi) is 3.86. The zero-order chi connectivity index (χ0) is 11.2. The van der Waals surface area contributed by atoms with E-state index >= 15 is 0 Å². The number of aliphatic imine (C=N–C) groups is 1. The van der Waals surface area contributed by atoms with Gasteiger partial charge in [-0.2, -0.15) is 4.99 Å². The minimum atomic E-state index is -0.0131. The Morgan fingerprint density at radius 1 is 1.25 bits per heavy atom. The first-order chi connectivity index (χ1) is 7.92. The lowest BCUT2D eigenvalue weighted by atomic mass is 9.86. The monoisotopic (exact) mass is 216 g/mol. The number of rotatable bonds is 3. The summed E-state index contributed by atoms with van der Waals surface area (Å²) in [6, 6.07) is 10.0. The van der Waals surface area contributed by atoms with E-state index in [0.29, 0.717) is 5.92 Å². The number of carbonyl (C=O) groups excluding carboxylic acids is 1. The largest absolute Gasteiger partial charge is 0.317 e. The maximum Gasteiger partial charge on any atom is 0.235 e. The van der Waals surface area contributed by atoms with Crippen molar-refractivity contribution < 1.29 is 4.79 Å². The molecule has 2 rings (SSSR count). The molecular formula is C13H16N2O. The van der Waals surface area contributed by atoms with Crippen molar-refractivity contribution in [2.45, 2.75) is 18.9 Å². The van der Waals surface area contributed by atoms with Crippen LogP contribution in [0.1, 0.15) is 24.4 Å². The Hall–Kier alpha value is -1.44. The summed E-state index contributed by atoms with van der Waals surface area (Å²) in [5, 5.41) is 3.32. The van der Waals surface area contributed by atoms with Gasteiger partial charge in [0.1, 0.15) is 0 Å². The normalized spacial score (nSPS) is 18.8. The molecule has 84 valence electrons. The summed E-state index contributed by atoms with van der Waals surface area (Å²) in [7, 11) is 0. The predicted molar refractivity (Wildman–Crippen MR) is 62.9 cm³/mol. The van der Waals surface area contributed by atoms with E-state index in [4.69, 9.17) is 0 Å². The first kappa shape index (κ1) is 11.1. The SMILES string of the molecule is O=C=NC(c1ccccc1)C1CCNCC1. The zero-order valence-corrected chi connectivity index (χ0v) is 9.23. The van der Waals surface area contributed by atoms with Crippen LogP contribution in [0.2, 0.25) is 0 Å². The van der Waals surface area contributed by atoms with Crippen molar-refractivity contribution in [1.82, 2.24) is 5.32 Å². The molecule has 0 radical (unpaired) electrons. The van der Waals surface area contributed by atoms with Gasteiger partial charge in [-0.15, -0.1) is 0 Å². The number of hydrogen-bond donors (Lipinski definition) is 1. The Morgan fingerprint density at radius 2 is 1.94 bits per heavy atom. The molecular weight excluding hydrogens is 200 g/mol. The molecule has 3 heteroatoms. The molecule has 16 heavy (non-hydrogen) atoms. The Balaban J connectivity index is 2.19. The summed E-state index contributed by atoms with van der Waals surface area (Å²) >= 11 is 0. The maximum atomic E-state index is 10.5. The van der Waals surface area contributed by atoms with E-state index < -0.39 is 0 Å². The highest BCUT2D eigenvalue weighted by atomic mass is 16.1. The van der Waals surface area contributed by atoms with Crippen LogP contribution in [0.5, 0.6) is 0 Å². The van der Waals surface area contributed by atoms with E-state index in [9.17, 15) is 4.79 Å². The molecule has 1 unspecified atom stereocenters. The highest BCUT2D eigenvalue weighted by Gasteiger charge is 2.24. The lowest BCUT2D eigenvalue weighted by Gasteiger charge is -2.27. The van der Waals surface area contributed by atoms with Crippen LogP contribution < -0.4 is 5.32 Å². The number of piperidine rings is 1. The van der Waals surface area contributed by atoms with Crippen molar-refractivity contribution >= 4 is 6.08 Å². The Labute approximate surface area is 95.6 Å². The molecule has 0 amide bonds. The topological polar surface area (TPSA) is 41.5 Å². The van der Waals surface area contributed by atoms with Crippen molar-refractivity contribution in [1.29, 1.82) is 0 Å². The Morgan fingerprint density at radius 3 is 2.56 bits per heavy atom. The quantitative estimate of drug-likeness (QED) is 0.620. The van der Waals surface area contributed by atoms with Gasteiger partial charge in [-0.3, -0.25) is 0 Å². The third kappa shape index (κ3) is 2.57. The lowest BCUT2D eigenvalue weighted by Crippen LogP contribution is -2.30. The fraction of sp³-hybridized carbons (Fsp3) is 0.462. The van der Waals surface area contributed by atoms with Crippen molar-refractivity contribution in [3.05, 3.63) is 35.9 Å². The van der Waals surface area contributed by atoms with E-state index in [1.165, 1.54) is 0 Å². The molecule has 1 aromatic rings. The van der Waals surface area contributed by atoms with Crippen LogP contribution in [0.3, 0.4) is 0 Å². The second-order valence-corrected chi connectivity index (χ2v) is 4.16. The molecule has 1 aromatic carbocycles. The molecule has 1 saturated heterocycles. The zero-order valence-electron chi connectivity index (χ0n) is 9.23. The van der Waals surface area contributed by atoms with Gasteiger partial charge >= 0.3 is 0 Å². The number of nitrogens with zero attached hydrogens (tertiary/aromatic N) is 1. The summed E-state index contributed by atoms with van der Waals surface area (Å²) in [6.45, 7) is 2.03. The van der Waals surface area contributed by atoms with E-state index in [0.717, 1.165) is 31.5 Å². The second kappa shape index (κ2) is 5.59. The van der Waals surface area contributed by atoms with Gasteiger partial charge in [-0.05, 0) is 37.4 Å². The van der Waals surface area contributed by atoms with Crippen molar-refractivity contribution in [2.24, 2.45) is 10.9 Å². The summed E-state index contributed by atoms with van der Waals surface area (Å²) in [5.41, 5.74) is 1.12. The molecule has 0 aliphatic carbocycles. The molecule has 0 saturated carbocycles. The minimum Gasteiger partial charge on any atom is -0.317 e. The second-order valence-electron chi connectivity index (χ2n) is 4.16. The standard InChI is InChI=1S/C13H16N2O/c16-10-15-13(11-4-2-1-3-5-11)12-6-8-14-9-7-12/h1-5,12-14H,6-9H2. The highest BCUT2D eigenvalue weighted by molar-refractivity contribution is 5.35. The third-order valence-electron chi connectivity index (χ3n) is 3.16.